The normalized spacial score (nSPS) is 27.9. The van der Waals surface area contributed by atoms with Crippen molar-refractivity contribution in [1.82, 2.24) is 5.32 Å². The molecule has 2 atom stereocenters. The monoisotopic (exact) mass is 283 g/mol. The quantitative estimate of drug-likeness (QED) is 0.614. The van der Waals surface area contributed by atoms with Crippen LogP contribution < -0.4 is 5.32 Å². The molecule has 1 N–H and O–H groups in total. The van der Waals surface area contributed by atoms with E-state index in [9.17, 15) is 4.79 Å². The predicted octanol–water partition coefficient (Wildman–Crippen LogP) is 3.91. The summed E-state index contributed by atoms with van der Waals surface area (Å²) in [4.78, 5) is 11.9. The van der Waals surface area contributed by atoms with E-state index in [1.165, 1.54) is 19.3 Å². The lowest BCUT2D eigenvalue weighted by Crippen LogP contribution is -2.46. The molecule has 0 saturated heterocycles. The van der Waals surface area contributed by atoms with Crippen LogP contribution >= 0.6 is 0 Å². The smallest absolute Gasteiger partial charge is 0.307 e. The van der Waals surface area contributed by atoms with Crippen molar-refractivity contribution < 1.29 is 9.53 Å². The summed E-state index contributed by atoms with van der Waals surface area (Å²) in [7, 11) is 0. The molecular weight excluding hydrogens is 250 g/mol. The third-order valence-corrected chi connectivity index (χ3v) is 4.74. The Hall–Kier alpha value is -0.570. The van der Waals surface area contributed by atoms with Gasteiger partial charge in [0.05, 0.1) is 13.0 Å². The molecule has 1 aliphatic carbocycles. The van der Waals surface area contributed by atoms with Gasteiger partial charge in [0.15, 0.2) is 0 Å². The summed E-state index contributed by atoms with van der Waals surface area (Å²) in [5, 5.41) is 3.60. The maximum Gasteiger partial charge on any atom is 0.307 e. The Morgan fingerprint density at radius 1 is 1.25 bits per heavy atom. The molecule has 0 amide bonds. The molecule has 1 aliphatic rings. The first-order valence-electron chi connectivity index (χ1n) is 8.23. The minimum absolute atomic E-state index is 0.0407. The molecule has 0 spiro atoms. The second kappa shape index (κ2) is 7.44. The lowest BCUT2D eigenvalue weighted by Gasteiger charge is -2.34. The van der Waals surface area contributed by atoms with E-state index < -0.39 is 0 Å². The zero-order valence-electron chi connectivity index (χ0n) is 14.1. The van der Waals surface area contributed by atoms with Crippen LogP contribution in [0.4, 0.5) is 0 Å². The highest BCUT2D eigenvalue weighted by Crippen LogP contribution is 2.40. The summed E-state index contributed by atoms with van der Waals surface area (Å²) >= 11 is 0. The molecule has 0 heterocycles. The molecule has 0 aliphatic heterocycles. The van der Waals surface area contributed by atoms with Crippen molar-refractivity contribution in [1.29, 1.82) is 0 Å². The zero-order chi connectivity index (χ0) is 15.2. The van der Waals surface area contributed by atoms with E-state index in [1.54, 1.807) is 0 Å². The minimum Gasteiger partial charge on any atom is -0.466 e. The van der Waals surface area contributed by atoms with Crippen molar-refractivity contribution in [3.05, 3.63) is 0 Å². The average Bonchev–Trinajstić information content (AvgIpc) is 2.52. The number of ether oxygens (including phenoxy) is 1. The third kappa shape index (κ3) is 5.08. The molecule has 2 unspecified atom stereocenters. The topological polar surface area (TPSA) is 38.3 Å². The first-order valence-corrected chi connectivity index (χ1v) is 8.23. The first kappa shape index (κ1) is 17.5. The van der Waals surface area contributed by atoms with Crippen LogP contribution in [0.15, 0.2) is 0 Å². The van der Waals surface area contributed by atoms with Crippen LogP contribution in [0.2, 0.25) is 0 Å². The van der Waals surface area contributed by atoms with Crippen LogP contribution in [0.5, 0.6) is 0 Å². The van der Waals surface area contributed by atoms with E-state index in [4.69, 9.17) is 4.74 Å². The van der Waals surface area contributed by atoms with E-state index in [0.717, 1.165) is 25.3 Å². The molecule has 0 radical (unpaired) electrons. The molecule has 0 aromatic carbocycles. The number of carbonyl (C=O) groups is 1. The fraction of sp³-hybridized carbons (Fsp3) is 0.941. The maximum atomic E-state index is 11.9. The van der Waals surface area contributed by atoms with Crippen LogP contribution in [0, 0.1) is 11.3 Å². The van der Waals surface area contributed by atoms with E-state index in [-0.39, 0.29) is 11.5 Å². The standard InChI is InChI=1S/C17H33NO2/c1-6-18-17(13-15(19)20-7-2)11-8-9-14(10-12-17)16(3,4)5/h14,18H,6-13H2,1-5H3. The second-order valence-electron chi connectivity index (χ2n) is 7.29. The largest absolute Gasteiger partial charge is 0.466 e. The van der Waals surface area contributed by atoms with Crippen LogP contribution in [-0.2, 0) is 9.53 Å². The van der Waals surface area contributed by atoms with Crippen molar-refractivity contribution in [2.24, 2.45) is 11.3 Å². The molecule has 0 aromatic heterocycles. The fourth-order valence-electron chi connectivity index (χ4n) is 3.55. The van der Waals surface area contributed by atoms with E-state index >= 15 is 0 Å². The third-order valence-electron chi connectivity index (χ3n) is 4.74. The Kier molecular flexibility index (Phi) is 6.50. The van der Waals surface area contributed by atoms with Gasteiger partial charge in [0.2, 0.25) is 0 Å². The summed E-state index contributed by atoms with van der Waals surface area (Å²) in [5.41, 5.74) is 0.327. The summed E-state index contributed by atoms with van der Waals surface area (Å²) in [6.07, 6.45) is 6.38. The van der Waals surface area contributed by atoms with Gasteiger partial charge in [-0.05, 0) is 50.5 Å². The van der Waals surface area contributed by atoms with E-state index in [1.807, 2.05) is 6.92 Å². The van der Waals surface area contributed by atoms with Crippen LogP contribution in [0.25, 0.3) is 0 Å². The highest BCUT2D eigenvalue weighted by molar-refractivity contribution is 5.70. The Balaban J connectivity index is 2.73. The highest BCUT2D eigenvalue weighted by Gasteiger charge is 2.37. The van der Waals surface area contributed by atoms with Crippen molar-refractivity contribution in [2.45, 2.75) is 78.7 Å². The number of nitrogens with one attached hydrogen (secondary N) is 1. The zero-order valence-corrected chi connectivity index (χ0v) is 14.1. The van der Waals surface area contributed by atoms with Gasteiger partial charge in [0, 0.05) is 5.54 Å². The van der Waals surface area contributed by atoms with Gasteiger partial charge in [0.1, 0.15) is 0 Å². The number of carbonyl (C=O) groups excluding carboxylic acids is 1. The molecule has 3 nitrogen and oxygen atoms in total. The SMILES string of the molecule is CCNC1(CC(=O)OCC)CCCC(C(C)(C)C)CC1. The van der Waals surface area contributed by atoms with Gasteiger partial charge in [-0.1, -0.05) is 34.1 Å². The molecule has 118 valence electrons. The van der Waals surface area contributed by atoms with Crippen LogP contribution in [-0.4, -0.2) is 24.7 Å². The summed E-state index contributed by atoms with van der Waals surface area (Å²) in [6, 6.07) is 0. The molecular formula is C17H33NO2. The van der Waals surface area contributed by atoms with E-state index in [2.05, 4.69) is 33.0 Å². The van der Waals surface area contributed by atoms with Gasteiger partial charge < -0.3 is 10.1 Å². The molecule has 0 bridgehead atoms. The van der Waals surface area contributed by atoms with Gasteiger partial charge in [0.25, 0.3) is 0 Å². The van der Waals surface area contributed by atoms with Crippen LogP contribution in [0.3, 0.4) is 0 Å². The number of hydrogen-bond donors (Lipinski definition) is 1. The van der Waals surface area contributed by atoms with Gasteiger partial charge in [-0.3, -0.25) is 4.79 Å². The molecule has 1 saturated carbocycles. The number of hydrogen-bond acceptors (Lipinski definition) is 3. The Morgan fingerprint density at radius 3 is 2.50 bits per heavy atom. The summed E-state index contributed by atoms with van der Waals surface area (Å²) in [5.74, 6) is 0.702. The fourth-order valence-corrected chi connectivity index (χ4v) is 3.55. The van der Waals surface area contributed by atoms with Gasteiger partial charge in [-0.15, -0.1) is 0 Å². The highest BCUT2D eigenvalue weighted by atomic mass is 16.5. The molecule has 1 fully saturated rings. The Bertz CT molecular complexity index is 309. The summed E-state index contributed by atoms with van der Waals surface area (Å²) < 4.78 is 5.17. The van der Waals surface area contributed by atoms with Crippen molar-refractivity contribution in [3.63, 3.8) is 0 Å². The average molecular weight is 283 g/mol. The van der Waals surface area contributed by atoms with Crippen molar-refractivity contribution >= 4 is 5.97 Å². The van der Waals surface area contributed by atoms with Gasteiger partial charge in [-0.25, -0.2) is 0 Å². The molecule has 20 heavy (non-hydrogen) atoms. The first-order chi connectivity index (χ1) is 9.33. The molecule has 0 aromatic rings. The van der Waals surface area contributed by atoms with Crippen molar-refractivity contribution in [2.75, 3.05) is 13.2 Å². The van der Waals surface area contributed by atoms with Crippen LogP contribution in [0.1, 0.15) is 73.1 Å². The van der Waals surface area contributed by atoms with Crippen molar-refractivity contribution in [3.8, 4) is 0 Å². The summed E-state index contributed by atoms with van der Waals surface area (Å²) in [6.45, 7) is 12.4. The minimum atomic E-state index is -0.0531. The second-order valence-corrected chi connectivity index (χ2v) is 7.29. The Labute approximate surface area is 124 Å². The predicted molar refractivity (Wildman–Crippen MR) is 83.7 cm³/mol. The van der Waals surface area contributed by atoms with Gasteiger partial charge >= 0.3 is 5.97 Å². The maximum absolute atomic E-state index is 11.9. The molecule has 3 heteroatoms. The number of rotatable bonds is 5. The van der Waals surface area contributed by atoms with Gasteiger partial charge in [-0.2, -0.15) is 0 Å². The molecule has 1 rings (SSSR count). The Morgan fingerprint density at radius 2 is 1.95 bits per heavy atom. The lowest BCUT2D eigenvalue weighted by molar-refractivity contribution is -0.145. The lowest BCUT2D eigenvalue weighted by atomic mass is 9.76. The number of esters is 1. The van der Waals surface area contributed by atoms with E-state index in [0.29, 0.717) is 18.4 Å².